The summed E-state index contributed by atoms with van der Waals surface area (Å²) in [6.07, 6.45) is 3.55. The lowest BCUT2D eigenvalue weighted by Gasteiger charge is -2.09. The van der Waals surface area contributed by atoms with E-state index < -0.39 is 0 Å². The van der Waals surface area contributed by atoms with Crippen molar-refractivity contribution >= 4 is 22.4 Å². The Morgan fingerprint density at radius 2 is 1.76 bits per heavy atom. The fourth-order valence-corrected chi connectivity index (χ4v) is 3.03. The summed E-state index contributed by atoms with van der Waals surface area (Å²) in [6, 6.07) is 21.0. The van der Waals surface area contributed by atoms with Crippen LogP contribution in [0.4, 0.5) is 0 Å². The molecule has 3 nitrogen and oxygen atoms in total. The molecular weight excluding hydrogens is 308 g/mol. The molecule has 0 bridgehead atoms. The van der Waals surface area contributed by atoms with E-state index in [0.717, 1.165) is 16.7 Å². The second-order valence-electron chi connectivity index (χ2n) is 6.17. The third kappa shape index (κ3) is 2.96. The Labute approximate surface area is 146 Å². The molecule has 1 heterocycles. The topological polar surface area (TPSA) is 38.9 Å². The Kier molecular flexibility index (Phi) is 3.90. The Hall–Kier alpha value is -3.20. The lowest BCUT2D eigenvalue weighted by molar-refractivity contribution is 0.407. The van der Waals surface area contributed by atoms with E-state index in [1.54, 1.807) is 0 Å². The van der Waals surface area contributed by atoms with Crippen molar-refractivity contribution in [2.75, 3.05) is 0 Å². The van der Waals surface area contributed by atoms with Crippen LogP contribution in [0.15, 0.2) is 71.5 Å². The van der Waals surface area contributed by atoms with Gasteiger partial charge < -0.3 is 4.52 Å². The van der Waals surface area contributed by atoms with Crippen LogP contribution in [0.2, 0.25) is 0 Å². The van der Waals surface area contributed by atoms with Gasteiger partial charge in [0, 0.05) is 5.57 Å². The number of rotatable bonds is 3. The number of hydrogen-bond donors (Lipinski definition) is 0. The highest BCUT2D eigenvalue weighted by molar-refractivity contribution is 6.01. The van der Waals surface area contributed by atoms with Crippen molar-refractivity contribution < 1.29 is 4.52 Å². The van der Waals surface area contributed by atoms with Gasteiger partial charge in [-0.05, 0) is 52.9 Å². The maximum atomic E-state index is 5.40. The lowest BCUT2D eigenvalue weighted by atomic mass is 9.95. The third-order valence-corrected chi connectivity index (χ3v) is 4.51. The summed E-state index contributed by atoms with van der Waals surface area (Å²) in [4.78, 5) is 4.29. The van der Waals surface area contributed by atoms with E-state index in [4.69, 9.17) is 4.52 Å². The van der Waals surface area contributed by atoms with E-state index in [0.29, 0.717) is 5.89 Å². The van der Waals surface area contributed by atoms with Gasteiger partial charge in [0.15, 0.2) is 6.33 Å². The third-order valence-electron chi connectivity index (χ3n) is 4.51. The zero-order valence-corrected chi connectivity index (χ0v) is 14.2. The molecule has 1 aromatic heterocycles. The molecule has 25 heavy (non-hydrogen) atoms. The highest BCUT2D eigenvalue weighted by atomic mass is 16.5. The predicted molar refractivity (Wildman–Crippen MR) is 101 cm³/mol. The van der Waals surface area contributed by atoms with Crippen molar-refractivity contribution in [1.82, 2.24) is 10.1 Å². The first kappa shape index (κ1) is 15.3. The molecule has 0 aliphatic rings. The standard InChI is InChI=1S/C22H18N2O/c1-15-10-11-17(12-16(15)2)13-21(22-23-14-24-25-22)20-9-5-7-18-6-3-4-8-19(18)20/h3-14H,1-2H3/b21-13+. The molecule has 0 radical (unpaired) electrons. The second-order valence-corrected chi connectivity index (χ2v) is 6.17. The Morgan fingerprint density at radius 3 is 2.56 bits per heavy atom. The van der Waals surface area contributed by atoms with Crippen molar-refractivity contribution in [3.63, 3.8) is 0 Å². The van der Waals surface area contributed by atoms with E-state index >= 15 is 0 Å². The molecule has 0 fully saturated rings. The normalized spacial score (nSPS) is 11.8. The molecule has 0 saturated carbocycles. The molecule has 4 rings (SSSR count). The minimum atomic E-state index is 0.523. The first-order chi connectivity index (χ1) is 12.2. The number of aryl methyl sites for hydroxylation is 2. The van der Waals surface area contributed by atoms with Crippen LogP contribution in [0.25, 0.3) is 22.4 Å². The lowest BCUT2D eigenvalue weighted by Crippen LogP contribution is -1.91. The van der Waals surface area contributed by atoms with Crippen molar-refractivity contribution in [2.24, 2.45) is 0 Å². The number of nitrogens with zero attached hydrogens (tertiary/aromatic N) is 2. The van der Waals surface area contributed by atoms with Gasteiger partial charge in [0.05, 0.1) is 0 Å². The van der Waals surface area contributed by atoms with Gasteiger partial charge in [0.1, 0.15) is 0 Å². The molecule has 0 saturated heterocycles. The highest BCUT2D eigenvalue weighted by Crippen LogP contribution is 2.31. The van der Waals surface area contributed by atoms with E-state index in [1.165, 1.54) is 28.2 Å². The smallest absolute Gasteiger partial charge is 0.258 e. The first-order valence-electron chi connectivity index (χ1n) is 8.26. The monoisotopic (exact) mass is 326 g/mol. The molecule has 0 amide bonds. The van der Waals surface area contributed by atoms with Gasteiger partial charge in [-0.1, -0.05) is 65.8 Å². The first-order valence-corrected chi connectivity index (χ1v) is 8.26. The largest absolute Gasteiger partial charge is 0.334 e. The van der Waals surface area contributed by atoms with Gasteiger partial charge in [-0.2, -0.15) is 4.98 Å². The summed E-state index contributed by atoms with van der Waals surface area (Å²) in [5.74, 6) is 0.523. The fraction of sp³-hybridized carbons (Fsp3) is 0.0909. The van der Waals surface area contributed by atoms with Gasteiger partial charge in [-0.25, -0.2) is 0 Å². The molecule has 0 atom stereocenters. The zero-order valence-electron chi connectivity index (χ0n) is 14.2. The van der Waals surface area contributed by atoms with Gasteiger partial charge in [0.2, 0.25) is 0 Å². The van der Waals surface area contributed by atoms with Crippen LogP contribution in [-0.2, 0) is 0 Å². The van der Waals surface area contributed by atoms with Gasteiger partial charge in [-0.3, -0.25) is 0 Å². The SMILES string of the molecule is Cc1ccc(/C=C(/c2ncno2)c2cccc3ccccc23)cc1C. The Bertz CT molecular complexity index is 1060. The van der Waals surface area contributed by atoms with Gasteiger partial charge >= 0.3 is 0 Å². The van der Waals surface area contributed by atoms with Crippen LogP contribution in [0.3, 0.4) is 0 Å². The minimum Gasteiger partial charge on any atom is -0.334 e. The summed E-state index contributed by atoms with van der Waals surface area (Å²) in [5, 5.41) is 6.15. The molecule has 0 unspecified atom stereocenters. The fourth-order valence-electron chi connectivity index (χ4n) is 3.03. The maximum Gasteiger partial charge on any atom is 0.258 e. The summed E-state index contributed by atoms with van der Waals surface area (Å²) < 4.78 is 5.40. The summed E-state index contributed by atoms with van der Waals surface area (Å²) >= 11 is 0. The van der Waals surface area contributed by atoms with E-state index in [2.05, 4.69) is 78.6 Å². The minimum absolute atomic E-state index is 0.523. The predicted octanol–water partition coefficient (Wildman–Crippen LogP) is 5.43. The highest BCUT2D eigenvalue weighted by Gasteiger charge is 2.14. The van der Waals surface area contributed by atoms with Crippen LogP contribution >= 0.6 is 0 Å². The molecule has 3 aromatic carbocycles. The van der Waals surface area contributed by atoms with Crippen LogP contribution in [0.5, 0.6) is 0 Å². The van der Waals surface area contributed by atoms with Crippen molar-refractivity contribution in [1.29, 1.82) is 0 Å². The Morgan fingerprint density at radius 1 is 0.920 bits per heavy atom. The molecule has 4 aromatic rings. The van der Waals surface area contributed by atoms with E-state index in [-0.39, 0.29) is 0 Å². The quantitative estimate of drug-likeness (QED) is 0.471. The molecule has 3 heteroatoms. The summed E-state index contributed by atoms with van der Waals surface area (Å²) in [7, 11) is 0. The average molecular weight is 326 g/mol. The summed E-state index contributed by atoms with van der Waals surface area (Å²) in [6.45, 7) is 4.24. The molecule has 122 valence electrons. The van der Waals surface area contributed by atoms with Crippen LogP contribution < -0.4 is 0 Å². The van der Waals surface area contributed by atoms with Crippen LogP contribution in [0.1, 0.15) is 28.1 Å². The maximum absolute atomic E-state index is 5.40. The molecule has 0 N–H and O–H groups in total. The molecule has 0 spiro atoms. The number of hydrogen-bond acceptors (Lipinski definition) is 3. The van der Waals surface area contributed by atoms with Crippen LogP contribution in [0, 0.1) is 13.8 Å². The van der Waals surface area contributed by atoms with E-state index in [9.17, 15) is 0 Å². The second kappa shape index (κ2) is 6.36. The molecular formula is C22H18N2O. The average Bonchev–Trinajstić information content (AvgIpc) is 3.17. The van der Waals surface area contributed by atoms with Crippen LogP contribution in [-0.4, -0.2) is 10.1 Å². The van der Waals surface area contributed by atoms with E-state index in [1.807, 2.05) is 12.1 Å². The Balaban J connectivity index is 1.95. The molecule has 0 aliphatic heterocycles. The zero-order chi connectivity index (χ0) is 17.2. The van der Waals surface area contributed by atoms with Crippen molar-refractivity contribution in [3.8, 4) is 0 Å². The van der Waals surface area contributed by atoms with Crippen molar-refractivity contribution in [2.45, 2.75) is 13.8 Å². The van der Waals surface area contributed by atoms with Gasteiger partial charge in [0.25, 0.3) is 5.89 Å². The number of fused-ring (bicyclic) bond motifs is 1. The van der Waals surface area contributed by atoms with Gasteiger partial charge in [-0.15, -0.1) is 0 Å². The van der Waals surface area contributed by atoms with Crippen molar-refractivity contribution in [3.05, 3.63) is 95.1 Å². The number of aromatic nitrogens is 2. The number of benzene rings is 3. The summed E-state index contributed by atoms with van der Waals surface area (Å²) in [5.41, 5.74) is 5.67. The molecule has 0 aliphatic carbocycles.